The van der Waals surface area contributed by atoms with Gasteiger partial charge in [0.2, 0.25) is 5.91 Å². The number of carbonyl (C=O) groups excluding carboxylic acids is 2. The molecule has 0 heterocycles. The Hall–Kier alpha value is -2.05. The fraction of sp³-hybridized carbons (Fsp3) is 0.0833. The highest BCUT2D eigenvalue weighted by Gasteiger charge is 2.17. The van der Waals surface area contributed by atoms with Gasteiger partial charge in [-0.05, 0) is 17.7 Å². The molecule has 1 atom stereocenters. The maximum absolute atomic E-state index is 11.7. The third-order valence-corrected chi connectivity index (χ3v) is 2.59. The quantitative estimate of drug-likeness (QED) is 0.676. The molecule has 0 aliphatic rings. The van der Waals surface area contributed by atoms with Crippen LogP contribution in [0.2, 0.25) is 0 Å². The second kappa shape index (κ2) is 6.04. The molecule has 0 aliphatic carbocycles. The fourth-order valence-electron chi connectivity index (χ4n) is 1.16. The van der Waals surface area contributed by atoms with Gasteiger partial charge >= 0.3 is 0 Å². The summed E-state index contributed by atoms with van der Waals surface area (Å²) in [5.74, 6) is -1.23. The van der Waals surface area contributed by atoms with E-state index in [9.17, 15) is 9.59 Å². The van der Waals surface area contributed by atoms with Crippen LogP contribution in [-0.2, 0) is 4.79 Å². The van der Waals surface area contributed by atoms with Gasteiger partial charge in [-0.25, -0.2) is 0 Å². The average Bonchev–Trinajstić information content (AvgIpc) is 2.37. The molecule has 0 saturated heterocycles. The van der Waals surface area contributed by atoms with Crippen molar-refractivity contribution in [3.8, 4) is 0 Å². The zero-order chi connectivity index (χ0) is 13.7. The summed E-state index contributed by atoms with van der Waals surface area (Å²) in [6.07, 6.45) is 1.66. The summed E-state index contributed by atoms with van der Waals surface area (Å²) in [6.45, 7) is 3.61. The van der Waals surface area contributed by atoms with E-state index in [4.69, 9.17) is 23.7 Å². The maximum Gasteiger partial charge on any atom is 0.256 e. The van der Waals surface area contributed by atoms with Crippen molar-refractivity contribution in [3.63, 3.8) is 0 Å². The monoisotopic (exact) mass is 263 g/mol. The van der Waals surface area contributed by atoms with Crippen molar-refractivity contribution in [2.45, 2.75) is 6.04 Å². The molecule has 0 saturated carbocycles. The van der Waals surface area contributed by atoms with Gasteiger partial charge in [0, 0.05) is 5.56 Å². The number of hydrogen-bond acceptors (Lipinski definition) is 4. The van der Waals surface area contributed by atoms with Crippen LogP contribution in [0.1, 0.15) is 15.9 Å². The van der Waals surface area contributed by atoms with Gasteiger partial charge in [-0.2, -0.15) is 0 Å². The molecule has 1 rings (SSSR count). The first-order valence-electron chi connectivity index (χ1n) is 5.08. The first-order chi connectivity index (χ1) is 8.45. The van der Waals surface area contributed by atoms with Crippen LogP contribution in [0.3, 0.4) is 0 Å². The molecule has 1 unspecified atom stereocenters. The lowest BCUT2D eigenvalue weighted by Crippen LogP contribution is -2.49. The molecule has 0 fully saturated rings. The molecule has 5 nitrogen and oxygen atoms in total. The van der Waals surface area contributed by atoms with E-state index in [1.165, 1.54) is 0 Å². The second-order valence-electron chi connectivity index (χ2n) is 3.52. The summed E-state index contributed by atoms with van der Waals surface area (Å²) in [5.41, 5.74) is 11.7. The summed E-state index contributed by atoms with van der Waals surface area (Å²) >= 11 is 4.80. The van der Waals surface area contributed by atoms with Crippen molar-refractivity contribution in [2.24, 2.45) is 11.5 Å². The minimum absolute atomic E-state index is 0.0969. The lowest BCUT2D eigenvalue weighted by atomic mass is 10.1. The van der Waals surface area contributed by atoms with Crippen molar-refractivity contribution >= 4 is 35.1 Å². The maximum atomic E-state index is 11.7. The smallest absolute Gasteiger partial charge is 0.256 e. The SMILES string of the molecule is C=Cc1ccc(C(=O)NC(=S)C(N)C(N)=O)cc1. The Balaban J connectivity index is 2.73. The highest BCUT2D eigenvalue weighted by Crippen LogP contribution is 2.05. The van der Waals surface area contributed by atoms with E-state index in [1.54, 1.807) is 30.3 Å². The van der Waals surface area contributed by atoms with Gasteiger partial charge in [0.25, 0.3) is 5.91 Å². The Morgan fingerprint density at radius 1 is 1.33 bits per heavy atom. The average molecular weight is 263 g/mol. The van der Waals surface area contributed by atoms with Crippen molar-refractivity contribution in [1.82, 2.24) is 5.32 Å². The van der Waals surface area contributed by atoms with Gasteiger partial charge < -0.3 is 16.8 Å². The minimum atomic E-state index is -1.17. The van der Waals surface area contributed by atoms with Gasteiger partial charge in [0.05, 0.1) is 0 Å². The largest absolute Gasteiger partial charge is 0.368 e. The van der Waals surface area contributed by atoms with E-state index < -0.39 is 17.9 Å². The van der Waals surface area contributed by atoms with E-state index >= 15 is 0 Å². The topological polar surface area (TPSA) is 98.2 Å². The van der Waals surface area contributed by atoms with E-state index in [2.05, 4.69) is 11.9 Å². The molecule has 0 radical (unpaired) electrons. The molecular weight excluding hydrogens is 250 g/mol. The van der Waals surface area contributed by atoms with Crippen LogP contribution in [0, 0.1) is 0 Å². The Kier molecular flexibility index (Phi) is 4.70. The van der Waals surface area contributed by atoms with Crippen LogP contribution in [-0.4, -0.2) is 22.8 Å². The molecular formula is C12H13N3O2S. The lowest BCUT2D eigenvalue weighted by Gasteiger charge is -2.10. The number of benzene rings is 1. The van der Waals surface area contributed by atoms with Crippen molar-refractivity contribution < 1.29 is 9.59 Å². The summed E-state index contributed by atoms with van der Waals surface area (Å²) in [5, 5.41) is 2.36. The molecule has 94 valence electrons. The Bertz CT molecular complexity index is 497. The number of nitrogens with two attached hydrogens (primary N) is 2. The van der Waals surface area contributed by atoms with Gasteiger partial charge in [-0.15, -0.1) is 0 Å². The molecule has 0 aliphatic heterocycles. The molecule has 1 aromatic carbocycles. The highest BCUT2D eigenvalue weighted by molar-refractivity contribution is 7.80. The van der Waals surface area contributed by atoms with Crippen LogP contribution in [0.5, 0.6) is 0 Å². The van der Waals surface area contributed by atoms with Crippen molar-refractivity contribution in [3.05, 3.63) is 42.0 Å². The number of carbonyl (C=O) groups is 2. The van der Waals surface area contributed by atoms with Gasteiger partial charge in [0.1, 0.15) is 11.0 Å². The van der Waals surface area contributed by atoms with Crippen molar-refractivity contribution in [2.75, 3.05) is 0 Å². The van der Waals surface area contributed by atoms with Gasteiger partial charge in [-0.3, -0.25) is 9.59 Å². The van der Waals surface area contributed by atoms with Crippen LogP contribution >= 0.6 is 12.2 Å². The predicted molar refractivity (Wildman–Crippen MR) is 73.8 cm³/mol. The second-order valence-corrected chi connectivity index (χ2v) is 3.96. The molecule has 5 N–H and O–H groups in total. The first kappa shape index (κ1) is 14.0. The van der Waals surface area contributed by atoms with Crippen LogP contribution < -0.4 is 16.8 Å². The van der Waals surface area contributed by atoms with Gasteiger partial charge in [-0.1, -0.05) is 37.0 Å². The zero-order valence-corrected chi connectivity index (χ0v) is 10.4. The lowest BCUT2D eigenvalue weighted by molar-refractivity contribution is -0.117. The van der Waals surface area contributed by atoms with Gasteiger partial charge in [0.15, 0.2) is 0 Å². The third kappa shape index (κ3) is 3.47. The molecule has 6 heteroatoms. The van der Waals surface area contributed by atoms with E-state index in [0.717, 1.165) is 5.56 Å². The molecule has 18 heavy (non-hydrogen) atoms. The predicted octanol–water partition coefficient (Wildman–Crippen LogP) is 0.199. The highest BCUT2D eigenvalue weighted by atomic mass is 32.1. The summed E-state index contributed by atoms with van der Waals surface area (Å²) in [4.78, 5) is 22.4. The molecule has 0 aromatic heterocycles. The molecule has 0 spiro atoms. The number of rotatable bonds is 4. The minimum Gasteiger partial charge on any atom is -0.368 e. The normalized spacial score (nSPS) is 11.4. The zero-order valence-electron chi connectivity index (χ0n) is 9.55. The number of primary amides is 1. The third-order valence-electron chi connectivity index (χ3n) is 2.23. The van der Waals surface area contributed by atoms with E-state index in [1.807, 2.05) is 0 Å². The number of nitrogens with one attached hydrogen (secondary N) is 1. The first-order valence-corrected chi connectivity index (χ1v) is 5.49. The molecule has 0 bridgehead atoms. The Labute approximate surface area is 110 Å². The number of amides is 2. The Morgan fingerprint density at radius 3 is 2.33 bits per heavy atom. The molecule has 1 aromatic rings. The molecule has 2 amide bonds. The summed E-state index contributed by atoms with van der Waals surface area (Å²) in [7, 11) is 0. The number of hydrogen-bond donors (Lipinski definition) is 3. The summed E-state index contributed by atoms with van der Waals surface area (Å²) < 4.78 is 0. The van der Waals surface area contributed by atoms with E-state index in [-0.39, 0.29) is 4.99 Å². The van der Waals surface area contributed by atoms with Crippen LogP contribution in [0.4, 0.5) is 0 Å². The fourth-order valence-corrected chi connectivity index (χ4v) is 1.37. The number of thiocarbonyl (C=S) groups is 1. The Morgan fingerprint density at radius 2 is 1.89 bits per heavy atom. The summed E-state index contributed by atoms with van der Waals surface area (Å²) in [6, 6.07) is 5.53. The standard InChI is InChI=1S/C12H13N3O2S/c1-2-7-3-5-8(6-4-7)11(17)15-12(18)9(13)10(14)16/h2-6,9H,1,13H2,(H2,14,16)(H,15,17,18). The van der Waals surface area contributed by atoms with E-state index in [0.29, 0.717) is 5.56 Å². The van der Waals surface area contributed by atoms with Crippen LogP contribution in [0.15, 0.2) is 30.8 Å². The van der Waals surface area contributed by atoms with Crippen molar-refractivity contribution in [1.29, 1.82) is 0 Å². The van der Waals surface area contributed by atoms with Crippen LogP contribution in [0.25, 0.3) is 6.08 Å².